The molecule has 2 saturated heterocycles. The van der Waals surface area contributed by atoms with E-state index in [9.17, 15) is 14.0 Å². The van der Waals surface area contributed by atoms with E-state index in [4.69, 9.17) is 4.74 Å². The van der Waals surface area contributed by atoms with Gasteiger partial charge in [-0.2, -0.15) is 0 Å². The molecule has 0 saturated carbocycles. The second-order valence-corrected chi connectivity index (χ2v) is 8.62. The van der Waals surface area contributed by atoms with Gasteiger partial charge in [-0.3, -0.25) is 9.59 Å². The minimum Gasteiger partial charge on any atom is -0.487 e. The van der Waals surface area contributed by atoms with Gasteiger partial charge in [0.25, 0.3) is 0 Å². The molecule has 0 bridgehead atoms. The number of halogens is 1. The first kappa shape index (κ1) is 21.3. The van der Waals surface area contributed by atoms with Gasteiger partial charge in [-0.25, -0.2) is 4.39 Å². The molecule has 31 heavy (non-hydrogen) atoms. The minimum absolute atomic E-state index is 0.0643. The zero-order valence-corrected chi connectivity index (χ0v) is 17.7. The predicted molar refractivity (Wildman–Crippen MR) is 116 cm³/mol. The Morgan fingerprint density at radius 1 is 1.10 bits per heavy atom. The minimum atomic E-state index is -0.358. The predicted octanol–water partition coefficient (Wildman–Crippen LogP) is 3.87. The molecule has 0 spiro atoms. The fourth-order valence-corrected chi connectivity index (χ4v) is 4.62. The van der Waals surface area contributed by atoms with E-state index in [1.54, 1.807) is 18.2 Å². The summed E-state index contributed by atoms with van der Waals surface area (Å²) in [5.74, 6) is 0.0860. The number of para-hydroxylation sites is 1. The third-order valence-corrected chi connectivity index (χ3v) is 6.36. The second kappa shape index (κ2) is 9.50. The van der Waals surface area contributed by atoms with Crippen molar-refractivity contribution in [2.45, 2.75) is 56.6 Å². The monoisotopic (exact) mass is 424 g/mol. The Balaban J connectivity index is 1.29. The first-order valence-corrected chi connectivity index (χ1v) is 11.1. The number of benzene rings is 2. The van der Waals surface area contributed by atoms with Crippen LogP contribution in [0.3, 0.4) is 0 Å². The Morgan fingerprint density at radius 2 is 1.81 bits per heavy atom. The number of piperidine rings is 1. The average Bonchev–Trinajstić information content (AvgIpc) is 3.15. The van der Waals surface area contributed by atoms with E-state index in [2.05, 4.69) is 17.4 Å². The zero-order valence-electron chi connectivity index (χ0n) is 17.7. The summed E-state index contributed by atoms with van der Waals surface area (Å²) in [7, 11) is 0. The molecule has 0 radical (unpaired) electrons. The number of carbonyl (C=O) groups excluding carboxylic acids is 2. The molecule has 1 atom stereocenters. The van der Waals surface area contributed by atoms with Crippen molar-refractivity contribution in [1.29, 1.82) is 0 Å². The maximum absolute atomic E-state index is 13.8. The van der Waals surface area contributed by atoms with Crippen LogP contribution < -0.4 is 10.1 Å². The molecule has 1 N–H and O–H groups in total. The zero-order chi connectivity index (χ0) is 21.7. The number of likely N-dealkylation sites (tertiary alicyclic amines) is 1. The molecule has 0 aromatic heterocycles. The van der Waals surface area contributed by atoms with Gasteiger partial charge >= 0.3 is 0 Å². The highest BCUT2D eigenvalue weighted by Crippen LogP contribution is 2.30. The Labute approximate surface area is 182 Å². The van der Waals surface area contributed by atoms with Gasteiger partial charge < -0.3 is 15.0 Å². The number of amides is 2. The van der Waals surface area contributed by atoms with Crippen LogP contribution in [0.2, 0.25) is 0 Å². The van der Waals surface area contributed by atoms with E-state index in [1.165, 1.54) is 11.6 Å². The SMILES string of the molecule is O=C1CCC(CCC(=O)N2CCC(Oc3ccccc3F)CC2)(Cc2ccccc2)N1. The fourth-order valence-electron chi connectivity index (χ4n) is 4.62. The summed E-state index contributed by atoms with van der Waals surface area (Å²) >= 11 is 0. The molecule has 2 fully saturated rings. The van der Waals surface area contributed by atoms with Crippen LogP contribution in [0.1, 0.15) is 44.1 Å². The van der Waals surface area contributed by atoms with E-state index < -0.39 is 0 Å². The van der Waals surface area contributed by atoms with Crippen LogP contribution in [-0.2, 0) is 16.0 Å². The summed E-state index contributed by atoms with van der Waals surface area (Å²) in [6.45, 7) is 1.21. The third-order valence-electron chi connectivity index (χ3n) is 6.36. The highest BCUT2D eigenvalue weighted by Gasteiger charge is 2.38. The molecule has 0 aliphatic carbocycles. The molecule has 6 heteroatoms. The number of ether oxygens (including phenoxy) is 1. The highest BCUT2D eigenvalue weighted by molar-refractivity contribution is 5.80. The normalized spacial score (nSPS) is 21.7. The van der Waals surface area contributed by atoms with Gasteiger partial charge in [0.15, 0.2) is 11.6 Å². The van der Waals surface area contributed by atoms with Gasteiger partial charge in [0, 0.05) is 44.3 Å². The van der Waals surface area contributed by atoms with Gasteiger partial charge in [0.2, 0.25) is 11.8 Å². The van der Waals surface area contributed by atoms with Crippen molar-refractivity contribution in [3.63, 3.8) is 0 Å². The molecular weight excluding hydrogens is 395 g/mol. The van der Waals surface area contributed by atoms with Gasteiger partial charge in [0.1, 0.15) is 6.10 Å². The lowest BCUT2D eigenvalue weighted by atomic mass is 9.85. The van der Waals surface area contributed by atoms with Gasteiger partial charge in [-0.1, -0.05) is 42.5 Å². The molecule has 1 unspecified atom stereocenters. The van der Waals surface area contributed by atoms with Crippen molar-refractivity contribution in [3.05, 3.63) is 66.0 Å². The first-order valence-electron chi connectivity index (χ1n) is 11.1. The summed E-state index contributed by atoms with van der Waals surface area (Å²) < 4.78 is 19.6. The van der Waals surface area contributed by atoms with E-state index in [0.29, 0.717) is 45.2 Å². The lowest BCUT2D eigenvalue weighted by molar-refractivity contribution is -0.133. The summed E-state index contributed by atoms with van der Waals surface area (Å²) in [6.07, 6.45) is 4.35. The molecule has 164 valence electrons. The summed E-state index contributed by atoms with van der Waals surface area (Å²) in [4.78, 5) is 26.7. The third kappa shape index (κ3) is 5.43. The molecule has 2 aromatic rings. The molecule has 2 heterocycles. The lowest BCUT2D eigenvalue weighted by Gasteiger charge is -2.34. The van der Waals surface area contributed by atoms with Crippen LogP contribution >= 0.6 is 0 Å². The van der Waals surface area contributed by atoms with Crippen molar-refractivity contribution < 1.29 is 18.7 Å². The molecule has 2 aliphatic heterocycles. The fraction of sp³-hybridized carbons (Fsp3) is 0.440. The summed E-state index contributed by atoms with van der Waals surface area (Å²) in [5.41, 5.74) is 0.823. The lowest BCUT2D eigenvalue weighted by Crippen LogP contribution is -2.46. The summed E-state index contributed by atoms with van der Waals surface area (Å²) in [5, 5.41) is 3.15. The molecule has 2 amide bonds. The van der Waals surface area contributed by atoms with Crippen molar-refractivity contribution >= 4 is 11.8 Å². The van der Waals surface area contributed by atoms with Gasteiger partial charge in [-0.15, -0.1) is 0 Å². The van der Waals surface area contributed by atoms with E-state index >= 15 is 0 Å². The number of nitrogens with zero attached hydrogens (tertiary/aromatic N) is 1. The average molecular weight is 425 g/mol. The van der Waals surface area contributed by atoms with Crippen LogP contribution in [0, 0.1) is 5.82 Å². The number of hydrogen-bond donors (Lipinski definition) is 1. The largest absolute Gasteiger partial charge is 0.487 e. The Kier molecular flexibility index (Phi) is 6.54. The number of rotatable bonds is 7. The maximum atomic E-state index is 13.8. The van der Waals surface area contributed by atoms with Gasteiger partial charge in [-0.05, 0) is 37.0 Å². The van der Waals surface area contributed by atoms with Crippen molar-refractivity contribution in [2.75, 3.05) is 13.1 Å². The van der Waals surface area contributed by atoms with Crippen LogP contribution in [0.5, 0.6) is 5.75 Å². The smallest absolute Gasteiger partial charge is 0.222 e. The molecule has 2 aliphatic rings. The number of hydrogen-bond acceptors (Lipinski definition) is 3. The molecule has 5 nitrogen and oxygen atoms in total. The van der Waals surface area contributed by atoms with Crippen molar-refractivity contribution in [1.82, 2.24) is 10.2 Å². The van der Waals surface area contributed by atoms with Crippen molar-refractivity contribution in [2.24, 2.45) is 0 Å². The quantitative estimate of drug-likeness (QED) is 0.734. The standard InChI is InChI=1S/C25H29FN2O3/c26-21-8-4-5-9-22(21)31-20-12-16-28(17-13-20)24(30)11-15-25(14-10-23(29)27-25)18-19-6-2-1-3-7-19/h1-9,20H,10-18H2,(H,27,29). The molecular formula is C25H29FN2O3. The first-order chi connectivity index (χ1) is 15.0. The molecule has 4 rings (SSSR count). The van der Waals surface area contributed by atoms with Crippen molar-refractivity contribution in [3.8, 4) is 5.75 Å². The Morgan fingerprint density at radius 3 is 2.48 bits per heavy atom. The van der Waals surface area contributed by atoms with E-state index in [0.717, 1.165) is 12.8 Å². The van der Waals surface area contributed by atoms with E-state index in [1.807, 2.05) is 23.1 Å². The highest BCUT2D eigenvalue weighted by atomic mass is 19.1. The summed E-state index contributed by atoms with van der Waals surface area (Å²) in [6, 6.07) is 16.5. The van der Waals surface area contributed by atoms with Crippen LogP contribution in [0.15, 0.2) is 54.6 Å². The number of nitrogens with one attached hydrogen (secondary N) is 1. The Hall–Kier alpha value is -2.89. The van der Waals surface area contributed by atoms with E-state index in [-0.39, 0.29) is 35.0 Å². The van der Waals surface area contributed by atoms with Crippen LogP contribution in [0.4, 0.5) is 4.39 Å². The van der Waals surface area contributed by atoms with Crippen LogP contribution in [-0.4, -0.2) is 41.4 Å². The van der Waals surface area contributed by atoms with Crippen LogP contribution in [0.25, 0.3) is 0 Å². The maximum Gasteiger partial charge on any atom is 0.222 e. The number of carbonyl (C=O) groups is 2. The van der Waals surface area contributed by atoms with Gasteiger partial charge in [0.05, 0.1) is 0 Å². The topological polar surface area (TPSA) is 58.6 Å². The Bertz CT molecular complexity index is 912. The second-order valence-electron chi connectivity index (χ2n) is 8.62. The molecule has 2 aromatic carbocycles.